The summed E-state index contributed by atoms with van der Waals surface area (Å²) in [6.45, 7) is 5.54. The average molecular weight is 196 g/mol. The van der Waals surface area contributed by atoms with E-state index in [1.54, 1.807) is 0 Å². The van der Waals surface area contributed by atoms with Crippen LogP contribution in [-0.2, 0) is 13.0 Å². The molecule has 13 heavy (non-hydrogen) atoms. The Morgan fingerprint density at radius 3 is 3.08 bits per heavy atom. The maximum Gasteiger partial charge on any atom is 0.0441 e. The third kappa shape index (κ3) is 1.72. The number of hydrogen-bond acceptors (Lipinski definition) is 1. The van der Waals surface area contributed by atoms with E-state index in [0.29, 0.717) is 0 Å². The molecule has 0 atom stereocenters. The fourth-order valence-corrected chi connectivity index (χ4v) is 2.18. The van der Waals surface area contributed by atoms with Crippen LogP contribution in [0.1, 0.15) is 18.1 Å². The van der Waals surface area contributed by atoms with Gasteiger partial charge in [-0.3, -0.25) is 4.90 Å². The molecule has 0 bridgehead atoms. The molecule has 0 fully saturated rings. The Morgan fingerprint density at radius 1 is 1.46 bits per heavy atom. The highest BCUT2D eigenvalue weighted by Crippen LogP contribution is 2.25. The Labute approximate surface area is 84.3 Å². The molecule has 1 aromatic carbocycles. The van der Waals surface area contributed by atoms with Gasteiger partial charge in [0.1, 0.15) is 0 Å². The fourth-order valence-electron chi connectivity index (χ4n) is 1.89. The maximum absolute atomic E-state index is 6.11. The lowest BCUT2D eigenvalue weighted by molar-refractivity contribution is 0.268. The van der Waals surface area contributed by atoms with Gasteiger partial charge in [0.25, 0.3) is 0 Å². The molecule has 1 aromatic rings. The van der Waals surface area contributed by atoms with Crippen LogP contribution in [-0.4, -0.2) is 18.0 Å². The molecule has 2 rings (SSSR count). The van der Waals surface area contributed by atoms with Crippen molar-refractivity contribution in [1.82, 2.24) is 4.90 Å². The summed E-state index contributed by atoms with van der Waals surface area (Å²) in [5.41, 5.74) is 2.76. The van der Waals surface area contributed by atoms with Crippen molar-refractivity contribution in [2.45, 2.75) is 19.9 Å². The van der Waals surface area contributed by atoms with Gasteiger partial charge in [-0.05, 0) is 30.2 Å². The second-order valence-electron chi connectivity index (χ2n) is 3.50. The van der Waals surface area contributed by atoms with Crippen LogP contribution in [0.4, 0.5) is 0 Å². The molecular formula is C11H14ClN. The van der Waals surface area contributed by atoms with Crippen LogP contribution in [0, 0.1) is 0 Å². The molecule has 0 N–H and O–H groups in total. The number of halogens is 1. The third-order valence-corrected chi connectivity index (χ3v) is 3.09. The van der Waals surface area contributed by atoms with Crippen LogP contribution in [0.2, 0.25) is 5.02 Å². The summed E-state index contributed by atoms with van der Waals surface area (Å²) >= 11 is 6.11. The van der Waals surface area contributed by atoms with E-state index in [-0.39, 0.29) is 0 Å². The minimum Gasteiger partial charge on any atom is -0.299 e. The van der Waals surface area contributed by atoms with Gasteiger partial charge < -0.3 is 0 Å². The summed E-state index contributed by atoms with van der Waals surface area (Å²) in [5, 5.41) is 0.938. The number of fused-ring (bicyclic) bond motifs is 1. The van der Waals surface area contributed by atoms with Crippen molar-refractivity contribution in [1.29, 1.82) is 0 Å². The zero-order valence-corrected chi connectivity index (χ0v) is 8.64. The van der Waals surface area contributed by atoms with E-state index in [2.05, 4.69) is 17.9 Å². The molecule has 0 aromatic heterocycles. The number of nitrogens with zero attached hydrogens (tertiary/aromatic N) is 1. The summed E-state index contributed by atoms with van der Waals surface area (Å²) < 4.78 is 0. The molecule has 1 heterocycles. The lowest BCUT2D eigenvalue weighted by Gasteiger charge is -2.27. The molecule has 70 valence electrons. The monoisotopic (exact) mass is 195 g/mol. The van der Waals surface area contributed by atoms with Crippen molar-refractivity contribution >= 4 is 11.6 Å². The minimum absolute atomic E-state index is 0.938. The van der Waals surface area contributed by atoms with E-state index in [0.717, 1.165) is 31.1 Å². The van der Waals surface area contributed by atoms with Gasteiger partial charge in [0, 0.05) is 18.1 Å². The first-order valence-electron chi connectivity index (χ1n) is 4.80. The third-order valence-electron chi connectivity index (χ3n) is 2.74. The lowest BCUT2D eigenvalue weighted by atomic mass is 10.00. The van der Waals surface area contributed by atoms with E-state index >= 15 is 0 Å². The van der Waals surface area contributed by atoms with Crippen LogP contribution in [0.3, 0.4) is 0 Å². The molecule has 1 aliphatic rings. The Balaban J connectivity index is 2.31. The molecule has 0 radical (unpaired) electrons. The first kappa shape index (κ1) is 9.04. The van der Waals surface area contributed by atoms with Crippen LogP contribution in [0.15, 0.2) is 18.2 Å². The van der Waals surface area contributed by atoms with Crippen molar-refractivity contribution in [3.63, 3.8) is 0 Å². The van der Waals surface area contributed by atoms with Crippen molar-refractivity contribution in [3.8, 4) is 0 Å². The van der Waals surface area contributed by atoms with Crippen molar-refractivity contribution in [2.75, 3.05) is 13.1 Å². The Kier molecular flexibility index (Phi) is 2.56. The van der Waals surface area contributed by atoms with Crippen molar-refractivity contribution in [3.05, 3.63) is 34.3 Å². The number of benzene rings is 1. The molecule has 2 heteroatoms. The van der Waals surface area contributed by atoms with Crippen molar-refractivity contribution in [2.24, 2.45) is 0 Å². The van der Waals surface area contributed by atoms with Gasteiger partial charge >= 0.3 is 0 Å². The largest absolute Gasteiger partial charge is 0.299 e. The smallest absolute Gasteiger partial charge is 0.0441 e. The summed E-state index contributed by atoms with van der Waals surface area (Å²) in [5.74, 6) is 0. The quantitative estimate of drug-likeness (QED) is 0.666. The van der Waals surface area contributed by atoms with Gasteiger partial charge in [-0.15, -0.1) is 0 Å². The molecular weight excluding hydrogens is 182 g/mol. The Bertz CT molecular complexity index is 309. The van der Waals surface area contributed by atoms with Crippen LogP contribution >= 0.6 is 11.6 Å². The average Bonchev–Trinajstić information content (AvgIpc) is 2.18. The number of likely N-dealkylation sites (N-methyl/N-ethyl adjacent to an activating group) is 1. The molecule has 1 aliphatic heterocycles. The molecule has 0 aliphatic carbocycles. The van der Waals surface area contributed by atoms with Gasteiger partial charge in [0.15, 0.2) is 0 Å². The van der Waals surface area contributed by atoms with Crippen LogP contribution < -0.4 is 0 Å². The summed E-state index contributed by atoms with van der Waals surface area (Å²) in [6.07, 6.45) is 1.10. The zero-order valence-electron chi connectivity index (χ0n) is 7.89. The lowest BCUT2D eigenvalue weighted by Crippen LogP contribution is -2.30. The van der Waals surface area contributed by atoms with Gasteiger partial charge in [-0.1, -0.05) is 30.7 Å². The van der Waals surface area contributed by atoms with E-state index < -0.39 is 0 Å². The van der Waals surface area contributed by atoms with Crippen LogP contribution in [0.25, 0.3) is 0 Å². The van der Waals surface area contributed by atoms with E-state index in [1.165, 1.54) is 11.1 Å². The second kappa shape index (κ2) is 3.69. The highest BCUT2D eigenvalue weighted by atomic mass is 35.5. The Hall–Kier alpha value is -0.530. The topological polar surface area (TPSA) is 3.24 Å². The van der Waals surface area contributed by atoms with Crippen LogP contribution in [0.5, 0.6) is 0 Å². The van der Waals surface area contributed by atoms with E-state index in [1.807, 2.05) is 12.1 Å². The molecule has 0 saturated carbocycles. The van der Waals surface area contributed by atoms with Crippen molar-refractivity contribution < 1.29 is 0 Å². The van der Waals surface area contributed by atoms with Gasteiger partial charge in [0.05, 0.1) is 0 Å². The minimum atomic E-state index is 0.938. The molecule has 1 nitrogen and oxygen atoms in total. The summed E-state index contributed by atoms with van der Waals surface area (Å²) in [4.78, 5) is 2.44. The summed E-state index contributed by atoms with van der Waals surface area (Å²) in [6, 6.07) is 6.21. The molecule has 0 saturated heterocycles. The maximum atomic E-state index is 6.11. The standard InChI is InChI=1S/C11H14ClN/c1-2-13-7-6-10-9(8-13)4-3-5-11(10)12/h3-5H,2,6-8H2,1H3. The fraction of sp³-hybridized carbons (Fsp3) is 0.455. The van der Waals surface area contributed by atoms with Gasteiger partial charge in [-0.25, -0.2) is 0 Å². The van der Waals surface area contributed by atoms with Gasteiger partial charge in [-0.2, -0.15) is 0 Å². The normalized spacial score (nSPS) is 17.1. The highest BCUT2D eigenvalue weighted by molar-refractivity contribution is 6.31. The predicted molar refractivity (Wildman–Crippen MR) is 56.1 cm³/mol. The van der Waals surface area contributed by atoms with Gasteiger partial charge in [0.2, 0.25) is 0 Å². The summed E-state index contributed by atoms with van der Waals surface area (Å²) in [7, 11) is 0. The van der Waals surface area contributed by atoms with E-state index in [4.69, 9.17) is 11.6 Å². The molecule has 0 amide bonds. The highest BCUT2D eigenvalue weighted by Gasteiger charge is 2.16. The molecule has 0 spiro atoms. The first-order valence-corrected chi connectivity index (χ1v) is 5.17. The number of hydrogen-bond donors (Lipinski definition) is 0. The molecule has 0 unspecified atom stereocenters. The second-order valence-corrected chi connectivity index (χ2v) is 3.90. The zero-order chi connectivity index (χ0) is 9.26. The number of rotatable bonds is 1. The van der Waals surface area contributed by atoms with E-state index in [9.17, 15) is 0 Å². The Morgan fingerprint density at radius 2 is 2.31 bits per heavy atom. The first-order chi connectivity index (χ1) is 6.31. The SMILES string of the molecule is CCN1CCc2c(Cl)cccc2C1. The predicted octanol–water partition coefficient (Wildman–Crippen LogP) is 2.72.